The Balaban J connectivity index is 2.06. The molecule has 3 nitrogen and oxygen atoms in total. The van der Waals surface area contributed by atoms with E-state index in [1.165, 1.54) is 30.6 Å². The van der Waals surface area contributed by atoms with Crippen LogP contribution in [-0.4, -0.2) is 25.1 Å². The number of benzene rings is 1. The first-order valence-electron chi connectivity index (χ1n) is 7.22. The lowest BCUT2D eigenvalue weighted by Gasteiger charge is -2.19. The molecule has 1 aliphatic heterocycles. The van der Waals surface area contributed by atoms with Gasteiger partial charge in [0.25, 0.3) is 0 Å². The fourth-order valence-corrected chi connectivity index (χ4v) is 2.87. The summed E-state index contributed by atoms with van der Waals surface area (Å²) in [4.78, 5) is 2.53. The third-order valence-corrected chi connectivity index (χ3v) is 4.23. The van der Waals surface area contributed by atoms with Gasteiger partial charge in [-0.15, -0.1) is 0 Å². The van der Waals surface area contributed by atoms with Gasteiger partial charge in [0.1, 0.15) is 5.75 Å². The Hall–Kier alpha value is -1.06. The summed E-state index contributed by atoms with van der Waals surface area (Å²) in [6.07, 6.45) is 1.32. The van der Waals surface area contributed by atoms with Gasteiger partial charge in [-0.2, -0.15) is 0 Å². The number of rotatable bonds is 5. The average molecular weight is 262 g/mol. The Kier molecular flexibility index (Phi) is 4.83. The zero-order valence-corrected chi connectivity index (χ0v) is 12.4. The van der Waals surface area contributed by atoms with Gasteiger partial charge in [0.05, 0.1) is 7.11 Å². The Morgan fingerprint density at radius 2 is 2.21 bits per heavy atom. The highest BCUT2D eigenvalue weighted by molar-refractivity contribution is 5.37. The summed E-state index contributed by atoms with van der Waals surface area (Å²) >= 11 is 0. The normalized spacial score (nSPS) is 20.2. The molecule has 0 amide bonds. The van der Waals surface area contributed by atoms with Crippen molar-refractivity contribution in [1.82, 2.24) is 4.90 Å². The van der Waals surface area contributed by atoms with Crippen LogP contribution in [-0.2, 0) is 13.1 Å². The molecule has 1 atom stereocenters. The largest absolute Gasteiger partial charge is 0.496 e. The predicted octanol–water partition coefficient (Wildman–Crippen LogP) is 2.63. The summed E-state index contributed by atoms with van der Waals surface area (Å²) in [5.74, 6) is 2.59. The molecule has 0 saturated carbocycles. The summed E-state index contributed by atoms with van der Waals surface area (Å²) in [6.45, 7) is 8.60. The highest BCUT2D eigenvalue weighted by Gasteiger charge is 2.25. The van der Waals surface area contributed by atoms with E-state index < -0.39 is 0 Å². The van der Waals surface area contributed by atoms with E-state index in [-0.39, 0.29) is 0 Å². The molecule has 19 heavy (non-hydrogen) atoms. The van der Waals surface area contributed by atoms with Crippen molar-refractivity contribution in [1.29, 1.82) is 0 Å². The van der Waals surface area contributed by atoms with E-state index in [0.717, 1.165) is 24.1 Å². The number of ether oxygens (including phenoxy) is 1. The molecular formula is C16H26N2O. The zero-order chi connectivity index (χ0) is 13.8. The molecule has 1 aromatic rings. The van der Waals surface area contributed by atoms with E-state index in [0.29, 0.717) is 6.54 Å². The highest BCUT2D eigenvalue weighted by Crippen LogP contribution is 2.27. The Bertz CT molecular complexity index is 417. The van der Waals surface area contributed by atoms with Crippen LogP contribution in [0.3, 0.4) is 0 Å². The van der Waals surface area contributed by atoms with Crippen molar-refractivity contribution in [3.05, 3.63) is 29.3 Å². The van der Waals surface area contributed by atoms with Crippen molar-refractivity contribution in [2.75, 3.05) is 20.2 Å². The van der Waals surface area contributed by atoms with Crippen LogP contribution in [0.5, 0.6) is 5.75 Å². The minimum atomic E-state index is 0.589. The molecule has 0 spiro atoms. The number of methoxy groups -OCH3 is 1. The minimum Gasteiger partial charge on any atom is -0.496 e. The molecule has 0 aliphatic carbocycles. The van der Waals surface area contributed by atoms with Gasteiger partial charge in [0.15, 0.2) is 0 Å². The molecular weight excluding hydrogens is 236 g/mol. The van der Waals surface area contributed by atoms with Crippen LogP contribution in [0.25, 0.3) is 0 Å². The lowest BCUT2D eigenvalue weighted by molar-refractivity contribution is 0.291. The van der Waals surface area contributed by atoms with Crippen LogP contribution < -0.4 is 10.5 Å². The second-order valence-electron chi connectivity index (χ2n) is 5.88. The number of likely N-dealkylation sites (tertiary alicyclic amines) is 1. The highest BCUT2D eigenvalue weighted by atomic mass is 16.5. The second kappa shape index (κ2) is 6.40. The van der Waals surface area contributed by atoms with Gasteiger partial charge in [-0.3, -0.25) is 4.90 Å². The maximum atomic E-state index is 5.73. The van der Waals surface area contributed by atoms with Crippen molar-refractivity contribution in [3.8, 4) is 5.75 Å². The van der Waals surface area contributed by atoms with Crippen LogP contribution in [0.1, 0.15) is 31.4 Å². The van der Waals surface area contributed by atoms with Gasteiger partial charge < -0.3 is 10.5 Å². The lowest BCUT2D eigenvalue weighted by Crippen LogP contribution is -2.22. The van der Waals surface area contributed by atoms with Gasteiger partial charge >= 0.3 is 0 Å². The van der Waals surface area contributed by atoms with E-state index in [1.807, 2.05) is 12.1 Å². The number of hydrogen-bond acceptors (Lipinski definition) is 3. The molecule has 3 heteroatoms. The Morgan fingerprint density at radius 3 is 2.79 bits per heavy atom. The molecule has 0 radical (unpaired) electrons. The molecule has 1 heterocycles. The van der Waals surface area contributed by atoms with Crippen molar-refractivity contribution < 1.29 is 4.74 Å². The fourth-order valence-electron chi connectivity index (χ4n) is 2.87. The molecule has 106 valence electrons. The standard InChI is InChI=1S/C16H26N2O/c1-12(2)14-6-7-18(10-14)11-15-8-13(9-17)4-5-16(15)19-3/h4-5,8,12,14H,6-7,9-11,17H2,1-3H3. The van der Waals surface area contributed by atoms with Crippen LogP contribution in [0.4, 0.5) is 0 Å². The number of nitrogens with zero attached hydrogens (tertiary/aromatic N) is 1. The molecule has 1 saturated heterocycles. The molecule has 1 unspecified atom stereocenters. The number of hydrogen-bond donors (Lipinski definition) is 1. The molecule has 2 rings (SSSR count). The molecule has 1 aromatic carbocycles. The van der Waals surface area contributed by atoms with Crippen molar-refractivity contribution in [3.63, 3.8) is 0 Å². The first-order chi connectivity index (χ1) is 9.13. The van der Waals surface area contributed by atoms with Crippen LogP contribution >= 0.6 is 0 Å². The third kappa shape index (κ3) is 3.48. The maximum absolute atomic E-state index is 5.73. The van der Waals surface area contributed by atoms with Crippen molar-refractivity contribution >= 4 is 0 Å². The smallest absolute Gasteiger partial charge is 0.123 e. The fraction of sp³-hybridized carbons (Fsp3) is 0.625. The molecule has 0 aromatic heterocycles. The van der Waals surface area contributed by atoms with Crippen LogP contribution in [0, 0.1) is 11.8 Å². The molecule has 1 fully saturated rings. The van der Waals surface area contributed by atoms with Crippen LogP contribution in [0.15, 0.2) is 18.2 Å². The molecule has 1 aliphatic rings. The summed E-state index contributed by atoms with van der Waals surface area (Å²) in [7, 11) is 1.74. The van der Waals surface area contributed by atoms with E-state index in [1.54, 1.807) is 7.11 Å². The number of nitrogens with two attached hydrogens (primary N) is 1. The van der Waals surface area contributed by atoms with Gasteiger partial charge in [-0.05, 0) is 42.5 Å². The minimum absolute atomic E-state index is 0.589. The molecule has 0 bridgehead atoms. The van der Waals surface area contributed by atoms with Gasteiger partial charge in [-0.1, -0.05) is 19.9 Å². The average Bonchev–Trinajstić information content (AvgIpc) is 2.87. The Morgan fingerprint density at radius 1 is 1.42 bits per heavy atom. The predicted molar refractivity (Wildman–Crippen MR) is 79.1 cm³/mol. The molecule has 2 N–H and O–H groups in total. The van der Waals surface area contributed by atoms with E-state index >= 15 is 0 Å². The quantitative estimate of drug-likeness (QED) is 0.886. The van der Waals surface area contributed by atoms with Crippen molar-refractivity contribution in [2.24, 2.45) is 17.6 Å². The van der Waals surface area contributed by atoms with E-state index in [4.69, 9.17) is 10.5 Å². The zero-order valence-electron chi connectivity index (χ0n) is 12.4. The SMILES string of the molecule is COc1ccc(CN)cc1CN1CCC(C(C)C)C1. The van der Waals surface area contributed by atoms with Gasteiger partial charge in [0.2, 0.25) is 0 Å². The van der Waals surface area contributed by atoms with Crippen molar-refractivity contribution in [2.45, 2.75) is 33.4 Å². The topological polar surface area (TPSA) is 38.5 Å². The van der Waals surface area contributed by atoms with E-state index in [2.05, 4.69) is 24.8 Å². The lowest BCUT2D eigenvalue weighted by atomic mass is 9.95. The first-order valence-corrected chi connectivity index (χ1v) is 7.22. The van der Waals surface area contributed by atoms with Gasteiger partial charge in [-0.25, -0.2) is 0 Å². The summed E-state index contributed by atoms with van der Waals surface area (Å²) < 4.78 is 5.46. The maximum Gasteiger partial charge on any atom is 0.123 e. The van der Waals surface area contributed by atoms with Crippen LogP contribution in [0.2, 0.25) is 0 Å². The summed E-state index contributed by atoms with van der Waals surface area (Å²) in [6, 6.07) is 6.26. The monoisotopic (exact) mass is 262 g/mol. The van der Waals surface area contributed by atoms with Gasteiger partial charge in [0, 0.05) is 25.2 Å². The second-order valence-corrected chi connectivity index (χ2v) is 5.88. The Labute approximate surface area is 116 Å². The third-order valence-electron chi connectivity index (χ3n) is 4.23. The van der Waals surface area contributed by atoms with E-state index in [9.17, 15) is 0 Å². The summed E-state index contributed by atoms with van der Waals surface area (Å²) in [5.41, 5.74) is 8.16. The summed E-state index contributed by atoms with van der Waals surface area (Å²) in [5, 5.41) is 0. The first kappa shape index (κ1) is 14.4.